The quantitative estimate of drug-likeness (QED) is 0.833. The summed E-state index contributed by atoms with van der Waals surface area (Å²) in [6, 6.07) is 6.17. The van der Waals surface area contributed by atoms with E-state index in [1.54, 1.807) is 24.3 Å². The van der Waals surface area contributed by atoms with Crippen LogP contribution < -0.4 is 0 Å². The van der Waals surface area contributed by atoms with Gasteiger partial charge < -0.3 is 14.7 Å². The summed E-state index contributed by atoms with van der Waals surface area (Å²) >= 11 is 0. The van der Waals surface area contributed by atoms with Crippen LogP contribution in [0.2, 0.25) is 0 Å². The zero-order chi connectivity index (χ0) is 16.1. The van der Waals surface area contributed by atoms with E-state index in [-0.39, 0.29) is 12.3 Å². The largest absolute Gasteiger partial charge is 0.480 e. The molecule has 2 rings (SSSR count). The lowest BCUT2D eigenvalue weighted by Gasteiger charge is -2.21. The molecule has 0 aromatic heterocycles. The summed E-state index contributed by atoms with van der Waals surface area (Å²) in [6.45, 7) is 0.511. The topological polar surface area (TPSA) is 83.9 Å². The molecule has 1 N–H and O–H groups in total. The van der Waals surface area contributed by atoms with Crippen LogP contribution in [0.5, 0.6) is 0 Å². The first kappa shape index (κ1) is 16.0. The number of amides is 1. The molecule has 0 radical (unpaired) electrons. The lowest BCUT2D eigenvalue weighted by Crippen LogP contribution is -2.40. The van der Waals surface area contributed by atoms with Crippen LogP contribution in [-0.2, 0) is 20.7 Å². The van der Waals surface area contributed by atoms with Crippen LogP contribution in [0.4, 0.5) is 0 Å². The molecule has 1 aliphatic heterocycles. The number of carboxylic acid groups (broad SMARTS) is 1. The highest BCUT2D eigenvalue weighted by Crippen LogP contribution is 2.19. The second-order valence-electron chi connectivity index (χ2n) is 5.27. The van der Waals surface area contributed by atoms with Gasteiger partial charge in [0.05, 0.1) is 12.7 Å². The van der Waals surface area contributed by atoms with Crippen molar-refractivity contribution in [3.63, 3.8) is 0 Å². The van der Waals surface area contributed by atoms with Gasteiger partial charge >= 0.3 is 11.9 Å². The molecule has 0 unspecified atom stereocenters. The van der Waals surface area contributed by atoms with Gasteiger partial charge in [-0.2, -0.15) is 0 Å². The number of aryl methyl sites for hydroxylation is 1. The summed E-state index contributed by atoms with van der Waals surface area (Å²) < 4.78 is 4.62. The van der Waals surface area contributed by atoms with Crippen LogP contribution in [0, 0.1) is 0 Å². The highest BCUT2D eigenvalue weighted by Gasteiger charge is 2.33. The van der Waals surface area contributed by atoms with E-state index in [1.807, 2.05) is 0 Å². The molecular weight excluding hydrogens is 286 g/mol. The third kappa shape index (κ3) is 3.63. The Morgan fingerprint density at radius 3 is 2.55 bits per heavy atom. The molecule has 1 fully saturated rings. The standard InChI is InChI=1S/C16H19NO5/c1-22-16(21)12-7-4-11(5-8-12)6-9-14(18)17-10-2-3-13(17)15(19)20/h4-5,7-8,13H,2-3,6,9-10H2,1H3,(H,19,20)/t13-/m1/s1. The van der Waals surface area contributed by atoms with Crippen molar-refractivity contribution in [3.8, 4) is 0 Å². The Balaban J connectivity index is 1.91. The number of aliphatic carboxylic acids is 1. The average molecular weight is 305 g/mol. The second-order valence-corrected chi connectivity index (χ2v) is 5.27. The number of carboxylic acids is 1. The van der Waals surface area contributed by atoms with Gasteiger partial charge in [-0.25, -0.2) is 9.59 Å². The van der Waals surface area contributed by atoms with E-state index in [0.717, 1.165) is 12.0 Å². The van der Waals surface area contributed by atoms with E-state index in [1.165, 1.54) is 12.0 Å². The molecule has 6 heteroatoms. The number of benzene rings is 1. The molecule has 1 amide bonds. The van der Waals surface area contributed by atoms with Crippen LogP contribution in [0.1, 0.15) is 35.2 Å². The minimum absolute atomic E-state index is 0.137. The maximum atomic E-state index is 12.1. The number of hydrogen-bond acceptors (Lipinski definition) is 4. The summed E-state index contributed by atoms with van der Waals surface area (Å²) in [7, 11) is 1.32. The van der Waals surface area contributed by atoms with Crippen molar-refractivity contribution in [2.45, 2.75) is 31.7 Å². The third-order valence-electron chi connectivity index (χ3n) is 3.86. The number of carbonyl (C=O) groups excluding carboxylic acids is 2. The van der Waals surface area contributed by atoms with E-state index >= 15 is 0 Å². The monoisotopic (exact) mass is 305 g/mol. The first-order valence-corrected chi connectivity index (χ1v) is 7.22. The molecule has 0 aliphatic carbocycles. The summed E-state index contributed by atoms with van der Waals surface area (Å²) in [5.74, 6) is -1.47. The Labute approximate surface area is 128 Å². The number of esters is 1. The lowest BCUT2D eigenvalue weighted by molar-refractivity contribution is -0.148. The van der Waals surface area contributed by atoms with Crippen LogP contribution in [0.15, 0.2) is 24.3 Å². The van der Waals surface area contributed by atoms with Crippen molar-refractivity contribution < 1.29 is 24.2 Å². The number of hydrogen-bond donors (Lipinski definition) is 1. The van der Waals surface area contributed by atoms with Gasteiger partial charge in [-0.15, -0.1) is 0 Å². The van der Waals surface area contributed by atoms with Crippen LogP contribution in [0.25, 0.3) is 0 Å². The maximum absolute atomic E-state index is 12.1. The Morgan fingerprint density at radius 2 is 1.95 bits per heavy atom. The molecule has 1 saturated heterocycles. The van der Waals surface area contributed by atoms with Crippen LogP contribution in [-0.4, -0.2) is 47.5 Å². The van der Waals surface area contributed by atoms with Gasteiger partial charge in [-0.1, -0.05) is 12.1 Å². The second kappa shape index (κ2) is 7.06. The number of rotatable bonds is 5. The van der Waals surface area contributed by atoms with Gasteiger partial charge in [0.2, 0.25) is 5.91 Å². The fourth-order valence-electron chi connectivity index (χ4n) is 2.64. The normalized spacial score (nSPS) is 17.3. The molecule has 6 nitrogen and oxygen atoms in total. The third-order valence-corrected chi connectivity index (χ3v) is 3.86. The minimum Gasteiger partial charge on any atom is -0.480 e. The summed E-state index contributed by atoms with van der Waals surface area (Å²) in [6.07, 6.45) is 2.04. The fourth-order valence-corrected chi connectivity index (χ4v) is 2.64. The SMILES string of the molecule is COC(=O)c1ccc(CCC(=O)N2CCC[C@@H]2C(=O)O)cc1. The minimum atomic E-state index is -0.937. The molecule has 118 valence electrons. The van der Waals surface area contributed by atoms with E-state index in [4.69, 9.17) is 5.11 Å². The van der Waals surface area contributed by atoms with Crippen molar-refractivity contribution in [2.75, 3.05) is 13.7 Å². The Hall–Kier alpha value is -2.37. The smallest absolute Gasteiger partial charge is 0.337 e. The maximum Gasteiger partial charge on any atom is 0.337 e. The number of methoxy groups -OCH3 is 1. The van der Waals surface area contributed by atoms with E-state index in [9.17, 15) is 14.4 Å². The average Bonchev–Trinajstić information content (AvgIpc) is 3.02. The number of carbonyl (C=O) groups is 3. The summed E-state index contributed by atoms with van der Waals surface area (Å²) in [4.78, 5) is 36.0. The molecule has 1 aromatic carbocycles. The van der Waals surface area contributed by atoms with Crippen LogP contribution in [0.3, 0.4) is 0 Å². The van der Waals surface area contributed by atoms with Crippen LogP contribution >= 0.6 is 0 Å². The molecule has 1 aromatic rings. The van der Waals surface area contributed by atoms with Gasteiger partial charge in [0.15, 0.2) is 0 Å². The molecule has 1 aliphatic rings. The fraction of sp³-hybridized carbons (Fsp3) is 0.438. The first-order valence-electron chi connectivity index (χ1n) is 7.22. The predicted molar refractivity (Wildman–Crippen MR) is 78.5 cm³/mol. The van der Waals surface area contributed by atoms with Crippen molar-refractivity contribution in [3.05, 3.63) is 35.4 Å². The Kier molecular flexibility index (Phi) is 5.14. The number of nitrogens with zero attached hydrogens (tertiary/aromatic N) is 1. The zero-order valence-corrected chi connectivity index (χ0v) is 12.4. The first-order chi connectivity index (χ1) is 10.5. The van der Waals surface area contributed by atoms with Gasteiger partial charge in [0.1, 0.15) is 6.04 Å². The van der Waals surface area contributed by atoms with Crippen molar-refractivity contribution in [1.82, 2.24) is 4.90 Å². The molecule has 1 atom stereocenters. The molecule has 22 heavy (non-hydrogen) atoms. The van der Waals surface area contributed by atoms with Gasteiger partial charge in [-0.05, 0) is 37.0 Å². The summed E-state index contributed by atoms with van der Waals surface area (Å²) in [5.41, 5.74) is 1.38. The molecule has 0 spiro atoms. The van der Waals surface area contributed by atoms with Gasteiger partial charge in [0, 0.05) is 13.0 Å². The van der Waals surface area contributed by atoms with Gasteiger partial charge in [-0.3, -0.25) is 4.79 Å². The van der Waals surface area contributed by atoms with Crippen molar-refractivity contribution >= 4 is 17.8 Å². The number of likely N-dealkylation sites (tertiary alicyclic amines) is 1. The molecule has 0 saturated carbocycles. The highest BCUT2D eigenvalue weighted by molar-refractivity contribution is 5.89. The highest BCUT2D eigenvalue weighted by atomic mass is 16.5. The molecule has 0 bridgehead atoms. The van der Waals surface area contributed by atoms with Gasteiger partial charge in [0.25, 0.3) is 0 Å². The molecular formula is C16H19NO5. The lowest BCUT2D eigenvalue weighted by atomic mass is 10.1. The van der Waals surface area contributed by atoms with E-state index in [0.29, 0.717) is 24.9 Å². The predicted octanol–water partition coefficient (Wildman–Crippen LogP) is 1.48. The zero-order valence-electron chi connectivity index (χ0n) is 12.4. The van der Waals surface area contributed by atoms with E-state index < -0.39 is 18.0 Å². The number of ether oxygens (including phenoxy) is 1. The Morgan fingerprint density at radius 1 is 1.27 bits per heavy atom. The van der Waals surface area contributed by atoms with Crippen molar-refractivity contribution in [2.24, 2.45) is 0 Å². The molecule has 1 heterocycles. The van der Waals surface area contributed by atoms with E-state index in [2.05, 4.69) is 4.74 Å². The Bertz CT molecular complexity index is 566. The van der Waals surface area contributed by atoms with Crippen molar-refractivity contribution in [1.29, 1.82) is 0 Å². The summed E-state index contributed by atoms with van der Waals surface area (Å²) in [5, 5.41) is 9.09.